The molecule has 4 heteroatoms. The first-order valence-electron chi connectivity index (χ1n) is 6.28. The maximum Gasteiger partial charge on any atom is 0.314 e. The molecule has 1 aliphatic heterocycles. The summed E-state index contributed by atoms with van der Waals surface area (Å²) in [6, 6.07) is 5.85. The highest BCUT2D eigenvalue weighted by Gasteiger charge is 2.30. The lowest BCUT2D eigenvalue weighted by atomic mass is 9.90. The van der Waals surface area contributed by atoms with Gasteiger partial charge in [0.15, 0.2) is 0 Å². The number of carbonyl (C=O) groups is 2. The summed E-state index contributed by atoms with van der Waals surface area (Å²) in [6.07, 6.45) is 0.452. The molecular weight excluding hydrogens is 244 g/mol. The molecule has 98 valence electrons. The van der Waals surface area contributed by atoms with Crippen LogP contribution in [0.4, 0.5) is 0 Å². The number of hydrogen-bond acceptors (Lipinski definition) is 4. The first-order valence-corrected chi connectivity index (χ1v) is 6.28. The van der Waals surface area contributed by atoms with Crippen molar-refractivity contribution in [3.05, 3.63) is 35.1 Å². The minimum Gasteiger partial charge on any atom is -0.461 e. The molecule has 1 saturated heterocycles. The molecule has 0 saturated carbocycles. The van der Waals surface area contributed by atoms with Crippen molar-refractivity contribution in [2.75, 3.05) is 0 Å². The third kappa shape index (κ3) is 1.93. The summed E-state index contributed by atoms with van der Waals surface area (Å²) in [6.45, 7) is 3.92. The van der Waals surface area contributed by atoms with E-state index in [9.17, 15) is 9.59 Å². The van der Waals surface area contributed by atoms with Gasteiger partial charge in [-0.3, -0.25) is 9.59 Å². The number of cyclic esters (lactones) is 2. The number of benzene rings is 1. The Labute approximate surface area is 110 Å². The second kappa shape index (κ2) is 4.23. The lowest BCUT2D eigenvalue weighted by Gasteiger charge is -2.20. The van der Waals surface area contributed by atoms with Gasteiger partial charge in [-0.15, -0.1) is 0 Å². The quantitative estimate of drug-likeness (QED) is 0.583. The fourth-order valence-electron chi connectivity index (χ4n) is 2.61. The van der Waals surface area contributed by atoms with Crippen LogP contribution in [0.15, 0.2) is 22.6 Å². The monoisotopic (exact) mass is 258 g/mol. The van der Waals surface area contributed by atoms with Gasteiger partial charge < -0.3 is 9.15 Å². The number of aryl methyl sites for hydroxylation is 2. The first-order chi connectivity index (χ1) is 9.06. The molecule has 0 bridgehead atoms. The number of rotatable bonds is 1. The normalized spacial score (nSPS) is 16.9. The first kappa shape index (κ1) is 12.0. The van der Waals surface area contributed by atoms with E-state index in [1.807, 2.05) is 32.0 Å². The molecule has 0 spiro atoms. The largest absolute Gasteiger partial charge is 0.461 e. The predicted molar refractivity (Wildman–Crippen MR) is 68.8 cm³/mol. The molecule has 1 aliphatic rings. The third-order valence-electron chi connectivity index (χ3n) is 3.73. The van der Waals surface area contributed by atoms with Crippen molar-refractivity contribution in [2.45, 2.75) is 32.6 Å². The Balaban J connectivity index is 2.12. The fraction of sp³-hybridized carbons (Fsp3) is 0.333. The van der Waals surface area contributed by atoms with Crippen LogP contribution in [0, 0.1) is 13.8 Å². The molecule has 19 heavy (non-hydrogen) atoms. The van der Waals surface area contributed by atoms with Crippen molar-refractivity contribution in [2.24, 2.45) is 0 Å². The minimum absolute atomic E-state index is 0.151. The van der Waals surface area contributed by atoms with E-state index in [1.165, 1.54) is 0 Å². The molecule has 0 aliphatic carbocycles. The van der Waals surface area contributed by atoms with E-state index in [0.29, 0.717) is 0 Å². The summed E-state index contributed by atoms with van der Waals surface area (Å²) in [5.41, 5.74) is 2.80. The number of hydrogen-bond donors (Lipinski definition) is 0. The van der Waals surface area contributed by atoms with E-state index in [1.54, 1.807) is 0 Å². The van der Waals surface area contributed by atoms with Gasteiger partial charge in [0.25, 0.3) is 0 Å². The summed E-state index contributed by atoms with van der Waals surface area (Å²) in [5.74, 6) is -0.203. The average Bonchev–Trinajstić information content (AvgIpc) is 2.64. The summed E-state index contributed by atoms with van der Waals surface area (Å²) >= 11 is 0. The number of carbonyl (C=O) groups excluding carboxylic acids is 2. The van der Waals surface area contributed by atoms with Crippen LogP contribution < -0.4 is 0 Å². The molecule has 1 aromatic carbocycles. The van der Waals surface area contributed by atoms with Gasteiger partial charge in [-0.1, -0.05) is 18.2 Å². The fourth-order valence-corrected chi connectivity index (χ4v) is 2.61. The second-order valence-electron chi connectivity index (χ2n) is 4.96. The van der Waals surface area contributed by atoms with Crippen LogP contribution in [0.1, 0.15) is 35.6 Å². The predicted octanol–water partition coefficient (Wildman–Crippen LogP) is 3.00. The molecule has 4 nitrogen and oxygen atoms in total. The third-order valence-corrected chi connectivity index (χ3v) is 3.73. The number of furan rings is 1. The maximum absolute atomic E-state index is 11.4. The van der Waals surface area contributed by atoms with Gasteiger partial charge in [0.2, 0.25) is 0 Å². The van der Waals surface area contributed by atoms with Crippen LogP contribution in [0.25, 0.3) is 11.0 Å². The lowest BCUT2D eigenvalue weighted by Crippen LogP contribution is -2.24. The lowest BCUT2D eigenvalue weighted by molar-refractivity contribution is -0.163. The van der Waals surface area contributed by atoms with Crippen LogP contribution in [-0.4, -0.2) is 11.9 Å². The molecule has 0 N–H and O–H groups in total. The van der Waals surface area contributed by atoms with Crippen molar-refractivity contribution in [3.8, 4) is 0 Å². The van der Waals surface area contributed by atoms with Gasteiger partial charge in [0, 0.05) is 11.3 Å². The highest BCUT2D eigenvalue weighted by atomic mass is 16.6. The van der Waals surface area contributed by atoms with Crippen molar-refractivity contribution in [1.82, 2.24) is 0 Å². The number of fused-ring (bicyclic) bond motifs is 1. The Morgan fingerprint density at radius 3 is 2.47 bits per heavy atom. The SMILES string of the molecule is Cc1oc2c(C3CC(=O)OC(=O)C3)cccc2c1C. The van der Waals surface area contributed by atoms with Crippen LogP contribution in [0.3, 0.4) is 0 Å². The van der Waals surface area contributed by atoms with Crippen molar-refractivity contribution < 1.29 is 18.7 Å². The van der Waals surface area contributed by atoms with Gasteiger partial charge in [-0.05, 0) is 25.0 Å². The zero-order valence-corrected chi connectivity index (χ0v) is 10.9. The summed E-state index contributed by atoms with van der Waals surface area (Å²) in [5, 5.41) is 1.04. The van der Waals surface area contributed by atoms with E-state index in [2.05, 4.69) is 4.74 Å². The van der Waals surface area contributed by atoms with Crippen molar-refractivity contribution in [1.29, 1.82) is 0 Å². The zero-order chi connectivity index (χ0) is 13.6. The van der Waals surface area contributed by atoms with Crippen LogP contribution in [0.2, 0.25) is 0 Å². The summed E-state index contributed by atoms with van der Waals surface area (Å²) in [4.78, 5) is 22.8. The number of ether oxygens (including phenoxy) is 1. The van der Waals surface area contributed by atoms with Crippen LogP contribution in [-0.2, 0) is 14.3 Å². The Bertz CT molecular complexity index is 665. The smallest absolute Gasteiger partial charge is 0.314 e. The molecule has 1 fully saturated rings. The maximum atomic E-state index is 11.4. The van der Waals surface area contributed by atoms with Gasteiger partial charge in [0.1, 0.15) is 11.3 Å². The molecule has 0 radical (unpaired) electrons. The standard InChI is InChI=1S/C15H14O4/c1-8-9(2)18-15-11(8)4-3-5-12(15)10-6-13(16)19-14(17)7-10/h3-5,10H,6-7H2,1-2H3. The second-order valence-corrected chi connectivity index (χ2v) is 4.96. The average molecular weight is 258 g/mol. The molecule has 1 aromatic heterocycles. The van der Waals surface area contributed by atoms with E-state index in [0.717, 1.165) is 27.9 Å². The van der Waals surface area contributed by atoms with E-state index >= 15 is 0 Å². The molecule has 0 unspecified atom stereocenters. The van der Waals surface area contributed by atoms with Gasteiger partial charge in [-0.2, -0.15) is 0 Å². The van der Waals surface area contributed by atoms with Crippen LogP contribution in [0.5, 0.6) is 0 Å². The number of esters is 2. The molecule has 0 atom stereocenters. The number of para-hydroxylation sites is 1. The Kier molecular flexibility index (Phi) is 2.66. The summed E-state index contributed by atoms with van der Waals surface area (Å²) < 4.78 is 10.4. The molecule has 2 heterocycles. The highest BCUT2D eigenvalue weighted by molar-refractivity contribution is 5.91. The molecule has 0 amide bonds. The molecule has 2 aromatic rings. The van der Waals surface area contributed by atoms with E-state index in [-0.39, 0.29) is 18.8 Å². The molecule has 3 rings (SSSR count). The van der Waals surface area contributed by atoms with Crippen molar-refractivity contribution in [3.63, 3.8) is 0 Å². The molecular formula is C15H14O4. The van der Waals surface area contributed by atoms with E-state index < -0.39 is 11.9 Å². The van der Waals surface area contributed by atoms with Crippen molar-refractivity contribution >= 4 is 22.9 Å². The zero-order valence-electron chi connectivity index (χ0n) is 10.9. The minimum atomic E-state index is -0.460. The topological polar surface area (TPSA) is 56.5 Å². The van der Waals surface area contributed by atoms with Gasteiger partial charge in [-0.25, -0.2) is 0 Å². The van der Waals surface area contributed by atoms with Gasteiger partial charge in [0.05, 0.1) is 12.8 Å². The Morgan fingerprint density at radius 2 is 1.79 bits per heavy atom. The Hall–Kier alpha value is -2.10. The summed E-state index contributed by atoms with van der Waals surface area (Å²) in [7, 11) is 0. The highest BCUT2D eigenvalue weighted by Crippen LogP contribution is 2.36. The Morgan fingerprint density at radius 1 is 1.11 bits per heavy atom. The van der Waals surface area contributed by atoms with Gasteiger partial charge >= 0.3 is 11.9 Å². The van der Waals surface area contributed by atoms with Crippen LogP contribution >= 0.6 is 0 Å². The van der Waals surface area contributed by atoms with E-state index in [4.69, 9.17) is 4.42 Å².